The van der Waals surface area contributed by atoms with Gasteiger partial charge in [-0.2, -0.15) is 0 Å². The number of aryl methyl sites for hydroxylation is 1. The Hall–Kier alpha value is -3.49. The average Bonchev–Trinajstić information content (AvgIpc) is 3.05. The molecular weight excluding hydrogens is 366 g/mol. The van der Waals surface area contributed by atoms with Crippen molar-refractivity contribution in [3.63, 3.8) is 0 Å². The Morgan fingerprint density at radius 1 is 1.04 bits per heavy atom. The predicted octanol–water partition coefficient (Wildman–Crippen LogP) is 2.48. The topological polar surface area (TPSA) is 128 Å². The normalized spacial score (nSPS) is 10.2. The van der Waals surface area contributed by atoms with Gasteiger partial charge in [-0.05, 0) is 44.5 Å². The maximum atomic E-state index is 11.9. The first-order valence-electron chi connectivity index (χ1n) is 8.63. The predicted molar refractivity (Wildman–Crippen MR) is 99.8 cm³/mol. The average molecular weight is 387 g/mol. The molecule has 0 aliphatic rings. The zero-order valence-electron chi connectivity index (χ0n) is 15.6. The summed E-state index contributed by atoms with van der Waals surface area (Å²) in [7, 11) is 0. The fourth-order valence-electron chi connectivity index (χ4n) is 2.23. The SMILES string of the molecule is CC(=O)c1ccc(NC(=O)CCCC(=O)OCC(=O)Nc2cc(C)on2)cc1. The number of hydrogen-bond donors (Lipinski definition) is 2. The molecule has 0 aliphatic heterocycles. The van der Waals surface area contributed by atoms with Crippen molar-refractivity contribution in [2.24, 2.45) is 0 Å². The van der Waals surface area contributed by atoms with Gasteiger partial charge in [0, 0.05) is 30.2 Å². The summed E-state index contributed by atoms with van der Waals surface area (Å²) in [6.45, 7) is 2.70. The van der Waals surface area contributed by atoms with E-state index in [4.69, 9.17) is 9.26 Å². The van der Waals surface area contributed by atoms with Crippen LogP contribution in [0.1, 0.15) is 42.3 Å². The molecule has 9 heteroatoms. The summed E-state index contributed by atoms with van der Waals surface area (Å²) in [6, 6.07) is 8.06. The van der Waals surface area contributed by atoms with Gasteiger partial charge in [-0.3, -0.25) is 19.2 Å². The smallest absolute Gasteiger partial charge is 0.306 e. The zero-order chi connectivity index (χ0) is 20.5. The number of carbonyl (C=O) groups excluding carboxylic acids is 4. The zero-order valence-corrected chi connectivity index (χ0v) is 15.6. The van der Waals surface area contributed by atoms with Gasteiger partial charge in [0.1, 0.15) is 5.76 Å². The van der Waals surface area contributed by atoms with Gasteiger partial charge < -0.3 is 19.9 Å². The van der Waals surface area contributed by atoms with Crippen molar-refractivity contribution < 1.29 is 28.4 Å². The highest BCUT2D eigenvalue weighted by molar-refractivity contribution is 5.95. The molecule has 0 radical (unpaired) electrons. The Bertz CT molecular complexity index is 857. The van der Waals surface area contributed by atoms with E-state index in [1.807, 2.05) is 0 Å². The lowest BCUT2D eigenvalue weighted by molar-refractivity contribution is -0.147. The number of Topliss-reactive ketones (excluding diaryl/α,β-unsaturated/α-hetero) is 1. The van der Waals surface area contributed by atoms with E-state index in [1.165, 1.54) is 13.0 Å². The number of ketones is 1. The third kappa shape index (κ3) is 7.02. The standard InChI is InChI=1S/C19H21N3O6/c1-12-10-16(22-28-12)21-18(25)11-27-19(26)5-3-4-17(24)20-15-8-6-14(7-9-15)13(2)23/h6-10H,3-5,11H2,1-2H3,(H,20,24)(H,21,22,25). The molecule has 148 valence electrons. The van der Waals surface area contributed by atoms with Gasteiger partial charge in [-0.1, -0.05) is 5.16 Å². The highest BCUT2D eigenvalue weighted by Gasteiger charge is 2.11. The third-order valence-electron chi connectivity index (χ3n) is 3.62. The molecule has 2 rings (SSSR count). The van der Waals surface area contributed by atoms with Crippen LogP contribution in [0.25, 0.3) is 0 Å². The van der Waals surface area contributed by atoms with Crippen molar-refractivity contribution in [2.45, 2.75) is 33.1 Å². The molecule has 9 nitrogen and oxygen atoms in total. The quantitative estimate of drug-likeness (QED) is 0.500. The summed E-state index contributed by atoms with van der Waals surface area (Å²) in [5, 5.41) is 8.69. The summed E-state index contributed by atoms with van der Waals surface area (Å²) < 4.78 is 9.65. The van der Waals surface area contributed by atoms with Crippen molar-refractivity contribution in [1.82, 2.24) is 5.16 Å². The van der Waals surface area contributed by atoms with Gasteiger partial charge >= 0.3 is 5.97 Å². The van der Waals surface area contributed by atoms with Crippen LogP contribution in [0, 0.1) is 6.92 Å². The molecule has 1 heterocycles. The number of benzene rings is 1. The summed E-state index contributed by atoms with van der Waals surface area (Å²) in [5.74, 6) is -0.644. The van der Waals surface area contributed by atoms with E-state index < -0.39 is 18.5 Å². The first kappa shape index (κ1) is 20.8. The van der Waals surface area contributed by atoms with Crippen molar-refractivity contribution >= 4 is 35.1 Å². The molecule has 0 atom stereocenters. The van der Waals surface area contributed by atoms with E-state index >= 15 is 0 Å². The minimum Gasteiger partial charge on any atom is -0.456 e. The molecule has 2 N–H and O–H groups in total. The molecule has 2 aromatic rings. The molecule has 0 unspecified atom stereocenters. The maximum Gasteiger partial charge on any atom is 0.306 e. The molecule has 0 spiro atoms. The largest absolute Gasteiger partial charge is 0.456 e. The second-order valence-corrected chi connectivity index (χ2v) is 6.07. The van der Waals surface area contributed by atoms with Crippen LogP contribution in [-0.2, 0) is 19.1 Å². The molecule has 28 heavy (non-hydrogen) atoms. The molecule has 0 aliphatic carbocycles. The Kier molecular flexibility index (Phi) is 7.44. The molecular formula is C19H21N3O6. The number of aromatic nitrogens is 1. The fraction of sp³-hybridized carbons (Fsp3) is 0.316. The second kappa shape index (κ2) is 10.0. The van der Waals surface area contributed by atoms with Gasteiger partial charge in [0.25, 0.3) is 5.91 Å². The second-order valence-electron chi connectivity index (χ2n) is 6.07. The minimum atomic E-state index is -0.579. The van der Waals surface area contributed by atoms with E-state index in [2.05, 4.69) is 15.8 Å². The summed E-state index contributed by atoms with van der Waals surface area (Å²) in [4.78, 5) is 46.3. The van der Waals surface area contributed by atoms with Gasteiger partial charge in [-0.25, -0.2) is 0 Å². The Morgan fingerprint density at radius 3 is 2.36 bits per heavy atom. The number of rotatable bonds is 9. The lowest BCUT2D eigenvalue weighted by Crippen LogP contribution is -2.21. The van der Waals surface area contributed by atoms with Crippen molar-refractivity contribution in [3.05, 3.63) is 41.7 Å². The Labute approximate surface area is 161 Å². The number of nitrogens with zero attached hydrogens (tertiary/aromatic N) is 1. The number of amides is 2. The lowest BCUT2D eigenvalue weighted by atomic mass is 10.1. The van der Waals surface area contributed by atoms with Crippen LogP contribution < -0.4 is 10.6 Å². The first-order chi connectivity index (χ1) is 13.3. The summed E-state index contributed by atoms with van der Waals surface area (Å²) in [5.41, 5.74) is 1.13. The third-order valence-corrected chi connectivity index (χ3v) is 3.62. The van der Waals surface area contributed by atoms with Crippen molar-refractivity contribution in [3.8, 4) is 0 Å². The Morgan fingerprint density at radius 2 is 1.75 bits per heavy atom. The molecule has 0 saturated heterocycles. The van der Waals surface area contributed by atoms with Crippen molar-refractivity contribution in [2.75, 3.05) is 17.2 Å². The minimum absolute atomic E-state index is 0.00699. The molecule has 1 aromatic heterocycles. The highest BCUT2D eigenvalue weighted by atomic mass is 16.5. The maximum absolute atomic E-state index is 11.9. The lowest BCUT2D eigenvalue weighted by Gasteiger charge is -2.06. The molecule has 2 amide bonds. The first-order valence-corrected chi connectivity index (χ1v) is 8.63. The Balaban J connectivity index is 1.62. The summed E-state index contributed by atoms with van der Waals surface area (Å²) in [6.07, 6.45) is 0.404. The van der Waals surface area contributed by atoms with Gasteiger partial charge in [0.2, 0.25) is 5.91 Å². The van der Waals surface area contributed by atoms with Crippen LogP contribution in [0.2, 0.25) is 0 Å². The van der Waals surface area contributed by atoms with Crippen LogP contribution in [0.15, 0.2) is 34.9 Å². The fourth-order valence-corrected chi connectivity index (χ4v) is 2.23. The monoisotopic (exact) mass is 387 g/mol. The number of anilines is 2. The van der Waals surface area contributed by atoms with E-state index in [0.717, 1.165) is 0 Å². The van der Waals surface area contributed by atoms with Gasteiger partial charge in [0.05, 0.1) is 0 Å². The van der Waals surface area contributed by atoms with Gasteiger partial charge in [-0.15, -0.1) is 0 Å². The molecule has 1 aromatic carbocycles. The van der Waals surface area contributed by atoms with Crippen LogP contribution in [0.5, 0.6) is 0 Å². The molecule has 0 fully saturated rings. The van der Waals surface area contributed by atoms with Crippen LogP contribution in [-0.4, -0.2) is 35.3 Å². The number of ether oxygens (including phenoxy) is 1. The van der Waals surface area contributed by atoms with E-state index in [1.54, 1.807) is 31.2 Å². The number of nitrogens with one attached hydrogen (secondary N) is 2. The van der Waals surface area contributed by atoms with Gasteiger partial charge in [0.15, 0.2) is 18.2 Å². The van der Waals surface area contributed by atoms with Crippen molar-refractivity contribution in [1.29, 1.82) is 0 Å². The number of carbonyl (C=O) groups is 4. The van der Waals surface area contributed by atoms with E-state index in [9.17, 15) is 19.2 Å². The van der Waals surface area contributed by atoms with Crippen LogP contribution in [0.4, 0.5) is 11.5 Å². The number of hydrogen-bond acceptors (Lipinski definition) is 7. The molecule has 0 saturated carbocycles. The van der Waals surface area contributed by atoms with Crippen LogP contribution >= 0.6 is 0 Å². The highest BCUT2D eigenvalue weighted by Crippen LogP contribution is 2.11. The van der Waals surface area contributed by atoms with Crippen LogP contribution in [0.3, 0.4) is 0 Å². The number of esters is 1. The van der Waals surface area contributed by atoms with E-state index in [0.29, 0.717) is 17.0 Å². The van der Waals surface area contributed by atoms with E-state index in [-0.39, 0.29) is 36.8 Å². The molecule has 0 bridgehead atoms. The summed E-state index contributed by atoms with van der Waals surface area (Å²) >= 11 is 0.